The normalized spacial score (nSPS) is 10.8. The number of pyridine rings is 1. The first kappa shape index (κ1) is 11.0. The van der Waals surface area contributed by atoms with Crippen molar-refractivity contribution in [3.8, 4) is 0 Å². The molecule has 0 unspecified atom stereocenters. The van der Waals surface area contributed by atoms with Crippen molar-refractivity contribution >= 4 is 0 Å². The van der Waals surface area contributed by atoms with Crippen molar-refractivity contribution in [1.29, 1.82) is 0 Å². The van der Waals surface area contributed by atoms with Crippen molar-refractivity contribution < 1.29 is 0 Å². The minimum absolute atomic E-state index is 0.00551. The molecular formula is C11H18N2O. The summed E-state index contributed by atoms with van der Waals surface area (Å²) in [5, 5.41) is 3.36. The van der Waals surface area contributed by atoms with E-state index in [0.29, 0.717) is 12.6 Å². The second kappa shape index (κ2) is 5.60. The van der Waals surface area contributed by atoms with Gasteiger partial charge in [0.05, 0.1) is 0 Å². The maximum absolute atomic E-state index is 11.3. The molecule has 3 heteroatoms. The fourth-order valence-corrected chi connectivity index (χ4v) is 1.43. The molecule has 1 aromatic rings. The van der Waals surface area contributed by atoms with E-state index in [1.807, 2.05) is 12.1 Å². The average molecular weight is 194 g/mol. The Hall–Kier alpha value is -1.09. The van der Waals surface area contributed by atoms with Gasteiger partial charge in [-0.3, -0.25) is 4.79 Å². The van der Waals surface area contributed by atoms with Crippen molar-refractivity contribution in [2.45, 2.75) is 39.3 Å². The van der Waals surface area contributed by atoms with E-state index in [1.165, 1.54) is 0 Å². The highest BCUT2D eigenvalue weighted by Gasteiger charge is 2.03. The zero-order chi connectivity index (χ0) is 10.4. The summed E-state index contributed by atoms with van der Waals surface area (Å²) in [6, 6.07) is 4.22. The maximum Gasteiger partial charge on any atom is 0.252 e. The average Bonchev–Trinajstić information content (AvgIpc) is 2.22. The summed E-state index contributed by atoms with van der Waals surface area (Å²) < 4.78 is 0. The SMILES string of the molecule is CCC(CC)NCc1ccc[nH]c1=O. The van der Waals surface area contributed by atoms with E-state index in [4.69, 9.17) is 0 Å². The molecule has 3 nitrogen and oxygen atoms in total. The lowest BCUT2D eigenvalue weighted by Gasteiger charge is -2.13. The smallest absolute Gasteiger partial charge is 0.252 e. The molecule has 2 N–H and O–H groups in total. The summed E-state index contributed by atoms with van der Waals surface area (Å²) in [5.41, 5.74) is 0.811. The molecule has 0 saturated heterocycles. The Kier molecular flexibility index (Phi) is 4.40. The van der Waals surface area contributed by atoms with Crippen molar-refractivity contribution in [1.82, 2.24) is 10.3 Å². The van der Waals surface area contributed by atoms with E-state index in [1.54, 1.807) is 6.20 Å². The van der Waals surface area contributed by atoms with Gasteiger partial charge < -0.3 is 10.3 Å². The van der Waals surface area contributed by atoms with E-state index in [9.17, 15) is 4.79 Å². The predicted molar refractivity (Wildman–Crippen MR) is 58.3 cm³/mol. The van der Waals surface area contributed by atoms with Crippen LogP contribution >= 0.6 is 0 Å². The standard InChI is InChI=1S/C11H18N2O/c1-3-10(4-2)13-8-9-6-5-7-12-11(9)14/h5-7,10,13H,3-4,8H2,1-2H3,(H,12,14). The molecule has 0 spiro atoms. The number of nitrogens with one attached hydrogen (secondary N) is 2. The lowest BCUT2D eigenvalue weighted by atomic mass is 10.1. The van der Waals surface area contributed by atoms with Crippen molar-refractivity contribution in [3.05, 3.63) is 34.2 Å². The quantitative estimate of drug-likeness (QED) is 0.748. The highest BCUT2D eigenvalue weighted by molar-refractivity contribution is 5.08. The molecule has 0 radical (unpaired) electrons. The zero-order valence-corrected chi connectivity index (χ0v) is 8.84. The van der Waals surface area contributed by atoms with Gasteiger partial charge in [0.25, 0.3) is 5.56 Å². The molecule has 78 valence electrons. The summed E-state index contributed by atoms with van der Waals surface area (Å²) in [7, 11) is 0. The third-order valence-electron chi connectivity index (χ3n) is 2.47. The van der Waals surface area contributed by atoms with Crippen molar-refractivity contribution in [3.63, 3.8) is 0 Å². The number of aromatic amines is 1. The fraction of sp³-hybridized carbons (Fsp3) is 0.545. The third kappa shape index (κ3) is 3.00. The second-order valence-electron chi connectivity index (χ2n) is 3.42. The van der Waals surface area contributed by atoms with Gasteiger partial charge in [-0.25, -0.2) is 0 Å². The fourth-order valence-electron chi connectivity index (χ4n) is 1.43. The van der Waals surface area contributed by atoms with Gasteiger partial charge in [-0.1, -0.05) is 19.9 Å². The Bertz CT molecular complexity index is 315. The molecule has 0 aliphatic rings. The third-order valence-corrected chi connectivity index (χ3v) is 2.47. The molecule has 1 heterocycles. The Morgan fingerprint density at radius 2 is 2.14 bits per heavy atom. The monoisotopic (exact) mass is 194 g/mol. The van der Waals surface area contributed by atoms with Crippen LogP contribution in [0.5, 0.6) is 0 Å². The summed E-state index contributed by atoms with van der Waals surface area (Å²) in [6.07, 6.45) is 3.85. The largest absolute Gasteiger partial charge is 0.329 e. The molecule has 0 bridgehead atoms. The lowest BCUT2D eigenvalue weighted by Crippen LogP contribution is -2.29. The minimum Gasteiger partial charge on any atom is -0.329 e. The Morgan fingerprint density at radius 3 is 2.71 bits per heavy atom. The van der Waals surface area contributed by atoms with Crippen LogP contribution in [0.3, 0.4) is 0 Å². The maximum atomic E-state index is 11.3. The van der Waals surface area contributed by atoms with Crippen LogP contribution < -0.4 is 10.9 Å². The summed E-state index contributed by atoms with van der Waals surface area (Å²) >= 11 is 0. The predicted octanol–water partition coefficient (Wildman–Crippen LogP) is 1.65. The number of H-pyrrole nitrogens is 1. The zero-order valence-electron chi connectivity index (χ0n) is 8.84. The van der Waals surface area contributed by atoms with Crippen LogP contribution in [-0.2, 0) is 6.54 Å². The van der Waals surface area contributed by atoms with Crippen LogP contribution in [0.2, 0.25) is 0 Å². The molecule has 0 aliphatic heterocycles. The molecule has 0 saturated carbocycles. The molecular weight excluding hydrogens is 176 g/mol. The van der Waals surface area contributed by atoms with Gasteiger partial charge >= 0.3 is 0 Å². The van der Waals surface area contributed by atoms with Crippen LogP contribution in [0.25, 0.3) is 0 Å². The van der Waals surface area contributed by atoms with E-state index in [0.717, 1.165) is 18.4 Å². The summed E-state index contributed by atoms with van der Waals surface area (Å²) in [4.78, 5) is 14.0. The molecule has 0 aromatic carbocycles. The highest BCUT2D eigenvalue weighted by atomic mass is 16.1. The number of rotatable bonds is 5. The van der Waals surface area contributed by atoms with Crippen LogP contribution in [0.15, 0.2) is 23.1 Å². The molecule has 0 aliphatic carbocycles. The first-order valence-corrected chi connectivity index (χ1v) is 5.17. The number of aromatic nitrogens is 1. The first-order chi connectivity index (χ1) is 6.77. The minimum atomic E-state index is 0.00551. The van der Waals surface area contributed by atoms with Gasteiger partial charge in [-0.15, -0.1) is 0 Å². The van der Waals surface area contributed by atoms with Crippen LogP contribution in [-0.4, -0.2) is 11.0 Å². The molecule has 1 aromatic heterocycles. The van der Waals surface area contributed by atoms with Gasteiger partial charge in [0.1, 0.15) is 0 Å². The number of hydrogen-bond donors (Lipinski definition) is 2. The molecule has 1 rings (SSSR count). The summed E-state index contributed by atoms with van der Waals surface area (Å²) in [5.74, 6) is 0. The van der Waals surface area contributed by atoms with E-state index < -0.39 is 0 Å². The van der Waals surface area contributed by atoms with Crippen LogP contribution in [0.1, 0.15) is 32.3 Å². The van der Waals surface area contributed by atoms with Crippen molar-refractivity contribution in [2.75, 3.05) is 0 Å². The van der Waals surface area contributed by atoms with Gasteiger partial charge in [0.2, 0.25) is 0 Å². The van der Waals surface area contributed by atoms with Gasteiger partial charge in [0, 0.05) is 24.3 Å². The van der Waals surface area contributed by atoms with Crippen LogP contribution in [0.4, 0.5) is 0 Å². The molecule has 0 amide bonds. The van der Waals surface area contributed by atoms with Gasteiger partial charge in [-0.2, -0.15) is 0 Å². The first-order valence-electron chi connectivity index (χ1n) is 5.17. The van der Waals surface area contributed by atoms with E-state index in [-0.39, 0.29) is 5.56 Å². The molecule has 0 atom stereocenters. The Balaban J connectivity index is 2.53. The van der Waals surface area contributed by atoms with E-state index in [2.05, 4.69) is 24.1 Å². The summed E-state index contributed by atoms with van der Waals surface area (Å²) in [6.45, 7) is 4.95. The molecule has 14 heavy (non-hydrogen) atoms. The Labute approximate surface area is 84.6 Å². The van der Waals surface area contributed by atoms with Gasteiger partial charge in [-0.05, 0) is 18.9 Å². The lowest BCUT2D eigenvalue weighted by molar-refractivity contribution is 0.483. The Morgan fingerprint density at radius 1 is 1.43 bits per heavy atom. The van der Waals surface area contributed by atoms with Gasteiger partial charge in [0.15, 0.2) is 0 Å². The number of hydrogen-bond acceptors (Lipinski definition) is 2. The molecule has 0 fully saturated rings. The van der Waals surface area contributed by atoms with Crippen molar-refractivity contribution in [2.24, 2.45) is 0 Å². The van der Waals surface area contributed by atoms with Crippen LogP contribution in [0, 0.1) is 0 Å². The topological polar surface area (TPSA) is 44.9 Å². The second-order valence-corrected chi connectivity index (χ2v) is 3.42. The highest BCUT2D eigenvalue weighted by Crippen LogP contribution is 1.97. The van der Waals surface area contributed by atoms with E-state index >= 15 is 0 Å².